The minimum Gasteiger partial charge on any atom is -0.382 e. The van der Waals surface area contributed by atoms with Crippen LogP contribution >= 0.6 is 11.5 Å². The maximum absolute atomic E-state index is 11.4. The van der Waals surface area contributed by atoms with Crippen LogP contribution in [0, 0.1) is 0 Å². The summed E-state index contributed by atoms with van der Waals surface area (Å²) in [4.78, 5) is 22.6. The van der Waals surface area contributed by atoms with Crippen LogP contribution in [0.25, 0.3) is 0 Å². The molecule has 1 aromatic heterocycles. The molecule has 2 amide bonds. The number of primary amides is 1. The van der Waals surface area contributed by atoms with Gasteiger partial charge in [0, 0.05) is 19.0 Å². The molecule has 0 radical (unpaired) electrons. The lowest BCUT2D eigenvalue weighted by molar-refractivity contribution is -0.121. The number of carbonyl (C=O) groups excluding carboxylic acids is 2. The van der Waals surface area contributed by atoms with Gasteiger partial charge in [0.2, 0.25) is 5.91 Å². The molecular formula is C11H17N5O2S. The van der Waals surface area contributed by atoms with Crippen molar-refractivity contribution in [2.75, 3.05) is 17.6 Å². The van der Waals surface area contributed by atoms with Crippen LogP contribution in [0.15, 0.2) is 0 Å². The van der Waals surface area contributed by atoms with Gasteiger partial charge in [-0.3, -0.25) is 9.59 Å². The molecule has 1 fully saturated rings. The predicted molar refractivity (Wildman–Crippen MR) is 73.9 cm³/mol. The van der Waals surface area contributed by atoms with E-state index in [-0.39, 0.29) is 17.3 Å². The molecule has 1 saturated carbocycles. The third-order valence-corrected chi connectivity index (χ3v) is 3.59. The SMILES string of the molecule is NC(=O)c1c(N)nsc1NCCCC(=O)NC1CC1. The van der Waals surface area contributed by atoms with Crippen LogP contribution in [-0.4, -0.2) is 28.8 Å². The van der Waals surface area contributed by atoms with Crippen molar-refractivity contribution in [2.24, 2.45) is 5.73 Å². The number of carbonyl (C=O) groups is 2. The normalized spacial score (nSPS) is 14.1. The second-order valence-corrected chi connectivity index (χ2v) is 5.28. The Hall–Kier alpha value is -1.83. The van der Waals surface area contributed by atoms with E-state index in [0.717, 1.165) is 24.4 Å². The molecule has 104 valence electrons. The van der Waals surface area contributed by atoms with Crippen LogP contribution in [0.5, 0.6) is 0 Å². The summed E-state index contributed by atoms with van der Waals surface area (Å²) >= 11 is 1.10. The molecule has 1 aliphatic carbocycles. The summed E-state index contributed by atoms with van der Waals surface area (Å²) < 4.78 is 3.88. The van der Waals surface area contributed by atoms with Crippen molar-refractivity contribution in [3.63, 3.8) is 0 Å². The van der Waals surface area contributed by atoms with E-state index in [0.29, 0.717) is 30.4 Å². The van der Waals surface area contributed by atoms with Crippen molar-refractivity contribution >= 4 is 34.2 Å². The highest BCUT2D eigenvalue weighted by molar-refractivity contribution is 7.11. The predicted octanol–water partition coefficient (Wildman–Crippen LogP) is 0.295. The molecular weight excluding hydrogens is 266 g/mol. The van der Waals surface area contributed by atoms with E-state index in [9.17, 15) is 9.59 Å². The number of nitrogens with one attached hydrogen (secondary N) is 2. The monoisotopic (exact) mass is 283 g/mol. The first kappa shape index (κ1) is 13.6. The zero-order valence-electron chi connectivity index (χ0n) is 10.4. The third kappa shape index (κ3) is 3.82. The maximum Gasteiger partial charge on any atom is 0.255 e. The number of aromatic nitrogens is 1. The highest BCUT2D eigenvalue weighted by atomic mass is 32.1. The molecule has 0 aromatic carbocycles. The minimum absolute atomic E-state index is 0.0724. The van der Waals surface area contributed by atoms with E-state index in [1.165, 1.54) is 0 Å². The number of rotatable bonds is 7. The average molecular weight is 283 g/mol. The Labute approximate surface area is 114 Å². The number of hydrogen-bond donors (Lipinski definition) is 4. The Kier molecular flexibility index (Phi) is 4.20. The number of nitrogen functional groups attached to an aromatic ring is 1. The molecule has 1 aromatic rings. The molecule has 0 bridgehead atoms. The number of anilines is 2. The van der Waals surface area contributed by atoms with E-state index in [1.54, 1.807) is 0 Å². The van der Waals surface area contributed by atoms with E-state index in [1.807, 2.05) is 0 Å². The van der Waals surface area contributed by atoms with Crippen LogP contribution in [-0.2, 0) is 4.79 Å². The van der Waals surface area contributed by atoms with Gasteiger partial charge >= 0.3 is 0 Å². The van der Waals surface area contributed by atoms with Gasteiger partial charge in [0.1, 0.15) is 10.6 Å². The molecule has 0 saturated heterocycles. The Morgan fingerprint density at radius 3 is 2.79 bits per heavy atom. The Balaban J connectivity index is 1.73. The quantitative estimate of drug-likeness (QED) is 0.536. The van der Waals surface area contributed by atoms with E-state index < -0.39 is 5.91 Å². The van der Waals surface area contributed by atoms with Crippen molar-refractivity contribution in [3.8, 4) is 0 Å². The van der Waals surface area contributed by atoms with Crippen LogP contribution < -0.4 is 22.1 Å². The molecule has 19 heavy (non-hydrogen) atoms. The standard InChI is InChI=1S/C11H17N5O2S/c12-9-8(10(13)18)11(19-16-9)14-5-1-2-7(17)15-6-3-4-6/h6,14H,1-5H2,(H2,12,16)(H2,13,18)(H,15,17). The number of nitrogens with zero attached hydrogens (tertiary/aromatic N) is 1. The lowest BCUT2D eigenvalue weighted by atomic mass is 10.2. The Morgan fingerprint density at radius 2 is 2.16 bits per heavy atom. The van der Waals surface area contributed by atoms with E-state index >= 15 is 0 Å². The molecule has 6 N–H and O–H groups in total. The zero-order valence-corrected chi connectivity index (χ0v) is 11.3. The average Bonchev–Trinajstić information content (AvgIpc) is 3.06. The summed E-state index contributed by atoms with van der Waals surface area (Å²) in [7, 11) is 0. The van der Waals surface area contributed by atoms with Gasteiger partial charge in [-0.1, -0.05) is 0 Å². The largest absolute Gasteiger partial charge is 0.382 e. The summed E-state index contributed by atoms with van der Waals surface area (Å²) in [6, 6.07) is 0.392. The van der Waals surface area contributed by atoms with Crippen LogP contribution in [0.1, 0.15) is 36.0 Å². The first-order chi connectivity index (χ1) is 9.08. The van der Waals surface area contributed by atoms with Gasteiger partial charge in [-0.05, 0) is 30.8 Å². The van der Waals surface area contributed by atoms with Gasteiger partial charge in [-0.2, -0.15) is 4.37 Å². The first-order valence-corrected chi connectivity index (χ1v) is 6.93. The van der Waals surface area contributed by atoms with Crippen molar-refractivity contribution in [1.29, 1.82) is 0 Å². The van der Waals surface area contributed by atoms with E-state index in [4.69, 9.17) is 11.5 Å². The molecule has 1 heterocycles. The highest BCUT2D eigenvalue weighted by Gasteiger charge is 2.22. The molecule has 0 spiro atoms. The summed E-state index contributed by atoms with van der Waals surface area (Å²) in [5, 5.41) is 6.51. The van der Waals surface area contributed by atoms with Crippen molar-refractivity contribution in [3.05, 3.63) is 5.56 Å². The third-order valence-electron chi connectivity index (χ3n) is 2.77. The van der Waals surface area contributed by atoms with Gasteiger partial charge < -0.3 is 22.1 Å². The fraction of sp³-hybridized carbons (Fsp3) is 0.545. The molecule has 8 heteroatoms. The number of nitrogens with two attached hydrogens (primary N) is 2. The van der Waals surface area contributed by atoms with Crippen LogP contribution in [0.3, 0.4) is 0 Å². The summed E-state index contributed by atoms with van der Waals surface area (Å²) in [6.45, 7) is 0.569. The highest BCUT2D eigenvalue weighted by Crippen LogP contribution is 2.26. The molecule has 0 atom stereocenters. The van der Waals surface area contributed by atoms with Gasteiger partial charge in [0.15, 0.2) is 5.82 Å². The molecule has 1 aliphatic rings. The Morgan fingerprint density at radius 1 is 1.42 bits per heavy atom. The summed E-state index contributed by atoms with van der Waals surface area (Å²) in [5.74, 6) is -0.380. The minimum atomic E-state index is -0.597. The lowest BCUT2D eigenvalue weighted by Crippen LogP contribution is -2.25. The fourth-order valence-corrected chi connectivity index (χ4v) is 2.38. The van der Waals surface area contributed by atoms with Crippen molar-refractivity contribution < 1.29 is 9.59 Å². The zero-order chi connectivity index (χ0) is 13.8. The molecule has 0 aliphatic heterocycles. The maximum atomic E-state index is 11.4. The van der Waals surface area contributed by atoms with Crippen LogP contribution in [0.2, 0.25) is 0 Å². The van der Waals surface area contributed by atoms with Crippen molar-refractivity contribution in [2.45, 2.75) is 31.7 Å². The van der Waals surface area contributed by atoms with Gasteiger partial charge in [-0.25, -0.2) is 0 Å². The fourth-order valence-electron chi connectivity index (χ4n) is 1.64. The van der Waals surface area contributed by atoms with Crippen LogP contribution in [0.4, 0.5) is 10.8 Å². The van der Waals surface area contributed by atoms with Gasteiger partial charge in [0.05, 0.1) is 0 Å². The second kappa shape index (κ2) is 5.87. The Bertz CT molecular complexity index is 483. The summed E-state index contributed by atoms with van der Waals surface area (Å²) in [6.07, 6.45) is 3.32. The van der Waals surface area contributed by atoms with Crippen molar-refractivity contribution in [1.82, 2.24) is 9.69 Å². The second-order valence-electron chi connectivity index (χ2n) is 4.51. The van der Waals surface area contributed by atoms with Gasteiger partial charge in [-0.15, -0.1) is 0 Å². The topological polar surface area (TPSA) is 123 Å². The smallest absolute Gasteiger partial charge is 0.255 e. The summed E-state index contributed by atoms with van der Waals surface area (Å²) in [5.41, 5.74) is 11.0. The van der Waals surface area contributed by atoms with E-state index in [2.05, 4.69) is 15.0 Å². The molecule has 2 rings (SSSR count). The first-order valence-electron chi connectivity index (χ1n) is 6.16. The number of amides is 2. The lowest BCUT2D eigenvalue weighted by Gasteiger charge is -2.05. The number of hydrogen-bond acceptors (Lipinski definition) is 6. The molecule has 0 unspecified atom stereocenters. The van der Waals surface area contributed by atoms with Gasteiger partial charge in [0.25, 0.3) is 5.91 Å². The molecule has 7 nitrogen and oxygen atoms in total.